The first-order valence-electron chi connectivity index (χ1n) is 8.70. The molecule has 1 aromatic carbocycles. The predicted molar refractivity (Wildman–Crippen MR) is 93.1 cm³/mol. The molecule has 0 saturated carbocycles. The fraction of sp³-hybridized carbons (Fsp3) is 0.667. The van der Waals surface area contributed by atoms with Crippen LogP contribution >= 0.6 is 0 Å². The van der Waals surface area contributed by atoms with E-state index in [4.69, 9.17) is 4.74 Å². The molecule has 0 fully saturated rings. The minimum absolute atomic E-state index is 0.114. The van der Waals surface area contributed by atoms with Gasteiger partial charge in [0.05, 0.1) is 6.61 Å². The van der Waals surface area contributed by atoms with E-state index in [0.717, 1.165) is 31.4 Å². The summed E-state index contributed by atoms with van der Waals surface area (Å²) in [6.45, 7) is 0.628. The van der Waals surface area contributed by atoms with Crippen molar-refractivity contribution in [2.24, 2.45) is 0 Å². The summed E-state index contributed by atoms with van der Waals surface area (Å²) < 4.78 is 78.6. The molecular weight excluding hydrogens is 375 g/mol. The maximum Gasteiger partial charge on any atom is 0.453 e. The highest BCUT2D eigenvalue weighted by molar-refractivity contribution is 7.84. The number of para-hydroxylation sites is 1. The number of hydrogen-bond acceptors (Lipinski definition) is 2. The maximum atomic E-state index is 12.7. The number of rotatable bonds is 13. The van der Waals surface area contributed by atoms with Gasteiger partial charge in [0, 0.05) is 28.7 Å². The van der Waals surface area contributed by atoms with Crippen LogP contribution in [0, 0.1) is 0 Å². The Hall–Kier alpha value is -1.18. The number of halogens is 5. The van der Waals surface area contributed by atoms with Crippen LogP contribution in [0.25, 0.3) is 0 Å². The molecule has 0 aliphatic heterocycles. The molecule has 1 atom stereocenters. The first kappa shape index (κ1) is 22.9. The zero-order valence-corrected chi connectivity index (χ0v) is 15.4. The van der Waals surface area contributed by atoms with Gasteiger partial charge in [-0.3, -0.25) is 4.21 Å². The van der Waals surface area contributed by atoms with Gasteiger partial charge in [0.25, 0.3) is 0 Å². The highest BCUT2D eigenvalue weighted by atomic mass is 32.2. The minimum atomic E-state index is -5.53. The summed E-state index contributed by atoms with van der Waals surface area (Å²) >= 11 is 0. The second kappa shape index (κ2) is 11.5. The molecule has 26 heavy (non-hydrogen) atoms. The van der Waals surface area contributed by atoms with Crippen LogP contribution in [0.4, 0.5) is 22.0 Å². The number of unbranched alkanes of at least 4 members (excludes halogenated alkanes) is 4. The first-order chi connectivity index (χ1) is 12.2. The summed E-state index contributed by atoms with van der Waals surface area (Å²) in [5, 5.41) is 0. The fourth-order valence-corrected chi connectivity index (χ4v) is 3.50. The van der Waals surface area contributed by atoms with Crippen LogP contribution in [0.15, 0.2) is 30.3 Å². The zero-order chi connectivity index (χ0) is 19.5. The zero-order valence-electron chi connectivity index (χ0n) is 14.6. The molecule has 0 bridgehead atoms. The minimum Gasteiger partial charge on any atom is -0.494 e. The summed E-state index contributed by atoms with van der Waals surface area (Å²) in [6, 6.07) is 9.50. The third-order valence-corrected chi connectivity index (χ3v) is 5.29. The van der Waals surface area contributed by atoms with Crippen LogP contribution in [-0.4, -0.2) is 34.4 Å². The Bertz CT molecular complexity index is 520. The fourth-order valence-electron chi connectivity index (χ4n) is 2.30. The largest absolute Gasteiger partial charge is 0.494 e. The van der Waals surface area contributed by atoms with Gasteiger partial charge in [0.1, 0.15) is 5.75 Å². The first-order valence-corrected chi connectivity index (χ1v) is 10.2. The quantitative estimate of drug-likeness (QED) is 0.312. The average molecular weight is 400 g/mol. The second-order valence-electron chi connectivity index (χ2n) is 6.08. The van der Waals surface area contributed by atoms with Crippen LogP contribution in [-0.2, 0) is 10.8 Å². The van der Waals surface area contributed by atoms with E-state index >= 15 is 0 Å². The molecule has 0 aliphatic rings. The van der Waals surface area contributed by atoms with Crippen molar-refractivity contribution in [3.8, 4) is 5.75 Å². The lowest BCUT2D eigenvalue weighted by molar-refractivity contribution is -0.284. The van der Waals surface area contributed by atoms with Gasteiger partial charge in [-0.1, -0.05) is 37.5 Å². The smallest absolute Gasteiger partial charge is 0.453 e. The molecule has 0 aliphatic carbocycles. The van der Waals surface area contributed by atoms with Gasteiger partial charge in [-0.2, -0.15) is 22.0 Å². The van der Waals surface area contributed by atoms with Crippen molar-refractivity contribution < 1.29 is 30.9 Å². The molecule has 0 radical (unpaired) electrons. The average Bonchev–Trinajstić information content (AvgIpc) is 2.57. The van der Waals surface area contributed by atoms with Crippen molar-refractivity contribution in [3.63, 3.8) is 0 Å². The van der Waals surface area contributed by atoms with Crippen LogP contribution in [0.3, 0.4) is 0 Å². The molecular formula is C18H25F5O2S. The summed E-state index contributed by atoms with van der Waals surface area (Å²) in [5.41, 5.74) is 0. The molecule has 0 N–H and O–H groups in total. The van der Waals surface area contributed by atoms with Crippen molar-refractivity contribution >= 4 is 10.8 Å². The third-order valence-electron chi connectivity index (χ3n) is 3.81. The Morgan fingerprint density at radius 2 is 1.38 bits per heavy atom. The Kier molecular flexibility index (Phi) is 10.1. The molecule has 8 heteroatoms. The highest BCUT2D eigenvalue weighted by Gasteiger charge is 2.56. The van der Waals surface area contributed by atoms with E-state index in [0.29, 0.717) is 18.8 Å². The lowest BCUT2D eigenvalue weighted by Gasteiger charge is -2.19. The molecule has 0 saturated heterocycles. The highest BCUT2D eigenvalue weighted by Crippen LogP contribution is 2.38. The maximum absolute atomic E-state index is 12.7. The molecule has 0 heterocycles. The Balaban J connectivity index is 1.96. The molecule has 0 spiro atoms. The number of benzene rings is 1. The van der Waals surface area contributed by atoms with Gasteiger partial charge in [-0.15, -0.1) is 0 Å². The summed E-state index contributed by atoms with van der Waals surface area (Å²) in [4.78, 5) is 0. The second-order valence-corrected chi connectivity index (χ2v) is 7.78. The molecule has 2 nitrogen and oxygen atoms in total. The van der Waals surface area contributed by atoms with Crippen molar-refractivity contribution in [1.82, 2.24) is 0 Å². The van der Waals surface area contributed by atoms with E-state index in [1.807, 2.05) is 30.3 Å². The van der Waals surface area contributed by atoms with Crippen LogP contribution in [0.5, 0.6) is 5.75 Å². The Labute approximate surface area is 153 Å². The van der Waals surface area contributed by atoms with E-state index in [1.165, 1.54) is 0 Å². The molecule has 0 aromatic heterocycles. The van der Waals surface area contributed by atoms with Crippen molar-refractivity contribution in [2.75, 3.05) is 18.1 Å². The van der Waals surface area contributed by atoms with Gasteiger partial charge in [-0.25, -0.2) is 0 Å². The normalized spacial score (nSPS) is 13.6. The third kappa shape index (κ3) is 9.50. The standard InChI is InChI=1S/C18H25F5O2S/c19-17(20,18(21,22)23)12-9-15-26(24)14-8-3-1-2-7-13-25-16-10-5-4-6-11-16/h4-6,10-11H,1-3,7-9,12-15H2. The number of alkyl halides is 5. The van der Waals surface area contributed by atoms with Gasteiger partial charge >= 0.3 is 12.1 Å². The molecule has 1 unspecified atom stereocenters. The van der Waals surface area contributed by atoms with Crippen LogP contribution in [0.2, 0.25) is 0 Å². The van der Waals surface area contributed by atoms with Crippen molar-refractivity contribution in [2.45, 2.75) is 57.0 Å². The van der Waals surface area contributed by atoms with Gasteiger partial charge in [0.15, 0.2) is 0 Å². The van der Waals surface area contributed by atoms with Crippen molar-refractivity contribution in [1.29, 1.82) is 0 Å². The van der Waals surface area contributed by atoms with Gasteiger partial charge < -0.3 is 4.74 Å². The molecule has 1 rings (SSSR count). The Morgan fingerprint density at radius 1 is 0.808 bits per heavy atom. The van der Waals surface area contributed by atoms with Gasteiger partial charge in [0.2, 0.25) is 0 Å². The van der Waals surface area contributed by atoms with E-state index in [1.54, 1.807) is 0 Å². The van der Waals surface area contributed by atoms with E-state index in [-0.39, 0.29) is 5.75 Å². The topological polar surface area (TPSA) is 26.3 Å². The Morgan fingerprint density at radius 3 is 2.04 bits per heavy atom. The van der Waals surface area contributed by atoms with Crippen LogP contribution in [0.1, 0.15) is 44.9 Å². The predicted octanol–water partition coefficient (Wildman–Crippen LogP) is 5.74. The summed E-state index contributed by atoms with van der Waals surface area (Å²) in [5.74, 6) is -3.63. The molecule has 150 valence electrons. The van der Waals surface area contributed by atoms with Gasteiger partial charge in [-0.05, 0) is 31.4 Å². The van der Waals surface area contributed by atoms with Crippen molar-refractivity contribution in [3.05, 3.63) is 30.3 Å². The summed E-state index contributed by atoms with van der Waals surface area (Å²) in [7, 11) is -1.34. The van der Waals surface area contributed by atoms with Crippen LogP contribution < -0.4 is 4.74 Å². The SMILES string of the molecule is O=S(CCCCCCCOc1ccccc1)CCCC(F)(F)C(F)(F)F. The lowest BCUT2D eigenvalue weighted by Crippen LogP contribution is -2.36. The molecule has 1 aromatic rings. The van der Waals surface area contributed by atoms with E-state index in [2.05, 4.69) is 0 Å². The monoisotopic (exact) mass is 400 g/mol. The summed E-state index contributed by atoms with van der Waals surface area (Å²) in [6.07, 6.45) is -2.86. The number of hydrogen-bond donors (Lipinski definition) is 0. The van der Waals surface area contributed by atoms with E-state index in [9.17, 15) is 26.2 Å². The number of ether oxygens (including phenoxy) is 1. The van der Waals surface area contributed by atoms with E-state index < -0.39 is 35.7 Å². The lowest BCUT2D eigenvalue weighted by atomic mass is 10.2. The molecule has 0 amide bonds.